The van der Waals surface area contributed by atoms with Crippen LogP contribution in [-0.2, 0) is 17.9 Å². The molecule has 1 heterocycles. The van der Waals surface area contributed by atoms with E-state index in [1.165, 1.54) is 12.8 Å². The van der Waals surface area contributed by atoms with Gasteiger partial charge in [0.05, 0.1) is 18.9 Å². The molecule has 3 nitrogen and oxygen atoms in total. The molecule has 0 bridgehead atoms. The highest BCUT2D eigenvalue weighted by atomic mass is 32.1. The summed E-state index contributed by atoms with van der Waals surface area (Å²) in [6, 6.07) is 0.746. The van der Waals surface area contributed by atoms with E-state index in [1.54, 1.807) is 11.3 Å². The van der Waals surface area contributed by atoms with Gasteiger partial charge in [0.2, 0.25) is 0 Å². The van der Waals surface area contributed by atoms with Gasteiger partial charge in [-0.3, -0.25) is 0 Å². The monoisotopic (exact) mass is 238 g/mol. The van der Waals surface area contributed by atoms with Crippen molar-refractivity contribution in [3.8, 4) is 0 Å². The molecule has 0 atom stereocenters. The lowest BCUT2D eigenvalue weighted by Gasteiger charge is -1.99. The zero-order valence-electron chi connectivity index (χ0n) is 9.45. The van der Waals surface area contributed by atoms with E-state index >= 15 is 0 Å². The van der Waals surface area contributed by atoms with E-state index < -0.39 is 0 Å². The number of nitrogens with one attached hydrogen (secondary N) is 1. The molecule has 1 aliphatic carbocycles. The fraction of sp³-hybridized carbons (Fsp3) is 0.583. The van der Waals surface area contributed by atoms with E-state index in [-0.39, 0.29) is 0 Å². The van der Waals surface area contributed by atoms with Gasteiger partial charge in [0.25, 0.3) is 0 Å². The van der Waals surface area contributed by atoms with Gasteiger partial charge in [0, 0.05) is 18.0 Å². The van der Waals surface area contributed by atoms with Crippen molar-refractivity contribution in [3.63, 3.8) is 0 Å². The smallest absolute Gasteiger partial charge is 0.107 e. The molecule has 1 fully saturated rings. The molecule has 0 aliphatic heterocycles. The lowest BCUT2D eigenvalue weighted by molar-refractivity contribution is 0.123. The highest BCUT2D eigenvalue weighted by Crippen LogP contribution is 2.20. The van der Waals surface area contributed by atoms with Gasteiger partial charge >= 0.3 is 0 Å². The van der Waals surface area contributed by atoms with Crippen LogP contribution in [0.1, 0.15) is 30.0 Å². The molecule has 0 saturated heterocycles. The Morgan fingerprint density at radius 3 is 3.25 bits per heavy atom. The average molecular weight is 238 g/mol. The molecule has 0 unspecified atom stereocenters. The maximum atomic E-state index is 5.46. The zero-order chi connectivity index (χ0) is 11.2. The van der Waals surface area contributed by atoms with E-state index in [0.717, 1.165) is 36.3 Å². The quantitative estimate of drug-likeness (QED) is 0.558. The van der Waals surface area contributed by atoms with Crippen molar-refractivity contribution in [2.45, 2.75) is 38.5 Å². The van der Waals surface area contributed by atoms with Crippen LogP contribution in [0.4, 0.5) is 0 Å². The van der Waals surface area contributed by atoms with Crippen LogP contribution < -0.4 is 5.32 Å². The van der Waals surface area contributed by atoms with Crippen molar-refractivity contribution in [1.29, 1.82) is 0 Å². The summed E-state index contributed by atoms with van der Waals surface area (Å²) in [5, 5.41) is 6.70. The van der Waals surface area contributed by atoms with Gasteiger partial charge in [-0.05, 0) is 19.3 Å². The van der Waals surface area contributed by atoms with Crippen LogP contribution in [0, 0.1) is 0 Å². The van der Waals surface area contributed by atoms with Gasteiger partial charge in [-0.25, -0.2) is 4.98 Å². The predicted molar refractivity (Wildman–Crippen MR) is 66.4 cm³/mol. The van der Waals surface area contributed by atoms with Crippen molar-refractivity contribution < 1.29 is 4.74 Å². The van der Waals surface area contributed by atoms with Gasteiger partial charge in [0.1, 0.15) is 5.01 Å². The molecule has 1 aromatic heterocycles. The zero-order valence-corrected chi connectivity index (χ0v) is 10.3. The molecular formula is C12H18N2OS. The Bertz CT molecular complexity index is 334. The van der Waals surface area contributed by atoms with Gasteiger partial charge in [-0.1, -0.05) is 6.08 Å². The first-order chi connectivity index (χ1) is 7.88. The maximum absolute atomic E-state index is 5.46. The molecule has 1 N–H and O–H groups in total. The fourth-order valence-corrected chi connectivity index (χ4v) is 2.09. The minimum absolute atomic E-state index is 0.619. The fourth-order valence-electron chi connectivity index (χ4n) is 1.36. The molecule has 0 aromatic carbocycles. The van der Waals surface area contributed by atoms with E-state index in [2.05, 4.69) is 22.3 Å². The van der Waals surface area contributed by atoms with Crippen LogP contribution >= 0.6 is 11.3 Å². The molecule has 2 rings (SSSR count). The average Bonchev–Trinajstić information content (AvgIpc) is 3.02. The molecule has 88 valence electrons. The van der Waals surface area contributed by atoms with Crippen LogP contribution in [0.25, 0.3) is 0 Å². The minimum atomic E-state index is 0.619. The number of rotatable bonds is 8. The highest BCUT2D eigenvalue weighted by molar-refractivity contribution is 7.09. The lowest BCUT2D eigenvalue weighted by Crippen LogP contribution is -2.15. The standard InChI is InChI=1S/C12H18N2OS/c1-2-3-6-15-8-11-9-16-12(14-11)7-13-10-4-5-10/h2,9-10,13H,1,3-8H2. The van der Waals surface area contributed by atoms with Crippen LogP contribution in [0.5, 0.6) is 0 Å². The van der Waals surface area contributed by atoms with Crippen molar-refractivity contribution in [2.75, 3.05) is 6.61 Å². The van der Waals surface area contributed by atoms with Crippen LogP contribution in [0.2, 0.25) is 0 Å². The second-order valence-corrected chi connectivity index (χ2v) is 4.96. The topological polar surface area (TPSA) is 34.1 Å². The summed E-state index contributed by atoms with van der Waals surface area (Å²) in [5.74, 6) is 0. The van der Waals surface area contributed by atoms with E-state index in [0.29, 0.717) is 6.61 Å². The molecule has 0 radical (unpaired) electrons. The Kier molecular flexibility index (Phi) is 4.51. The Balaban J connectivity index is 1.66. The molecule has 16 heavy (non-hydrogen) atoms. The first-order valence-corrected chi connectivity index (χ1v) is 6.62. The van der Waals surface area contributed by atoms with Crippen LogP contribution in [0.15, 0.2) is 18.0 Å². The number of aromatic nitrogens is 1. The van der Waals surface area contributed by atoms with Gasteiger partial charge in [-0.2, -0.15) is 0 Å². The van der Waals surface area contributed by atoms with Gasteiger partial charge < -0.3 is 10.1 Å². The summed E-state index contributed by atoms with van der Waals surface area (Å²) in [4.78, 5) is 4.51. The Morgan fingerprint density at radius 2 is 2.50 bits per heavy atom. The van der Waals surface area contributed by atoms with E-state index in [9.17, 15) is 0 Å². The predicted octanol–water partition coefficient (Wildman–Crippen LogP) is 2.49. The summed E-state index contributed by atoms with van der Waals surface area (Å²) < 4.78 is 5.46. The third-order valence-corrected chi connectivity index (χ3v) is 3.33. The normalized spacial score (nSPS) is 15.2. The maximum Gasteiger partial charge on any atom is 0.107 e. The molecule has 1 aliphatic rings. The summed E-state index contributed by atoms with van der Waals surface area (Å²) in [5.41, 5.74) is 1.04. The molecule has 4 heteroatoms. The minimum Gasteiger partial charge on any atom is -0.375 e. The molecule has 1 aromatic rings. The van der Waals surface area contributed by atoms with E-state index in [1.807, 2.05) is 6.08 Å². The van der Waals surface area contributed by atoms with Crippen LogP contribution in [-0.4, -0.2) is 17.6 Å². The number of hydrogen-bond donors (Lipinski definition) is 1. The Hall–Kier alpha value is -0.710. The first kappa shape index (κ1) is 11.8. The third-order valence-electron chi connectivity index (χ3n) is 2.43. The Morgan fingerprint density at radius 1 is 1.62 bits per heavy atom. The van der Waals surface area contributed by atoms with Crippen molar-refractivity contribution in [1.82, 2.24) is 10.3 Å². The summed E-state index contributed by atoms with van der Waals surface area (Å²) in [6.45, 7) is 5.91. The van der Waals surface area contributed by atoms with Crippen molar-refractivity contribution >= 4 is 11.3 Å². The van der Waals surface area contributed by atoms with E-state index in [4.69, 9.17) is 4.74 Å². The number of thiazole rings is 1. The summed E-state index contributed by atoms with van der Waals surface area (Å²) in [6.07, 6.45) is 5.41. The summed E-state index contributed by atoms with van der Waals surface area (Å²) in [7, 11) is 0. The van der Waals surface area contributed by atoms with Gasteiger partial charge in [-0.15, -0.1) is 17.9 Å². The third kappa shape index (κ3) is 4.04. The molecular weight excluding hydrogens is 220 g/mol. The molecule has 1 saturated carbocycles. The largest absolute Gasteiger partial charge is 0.375 e. The number of nitrogens with zero attached hydrogens (tertiary/aromatic N) is 1. The first-order valence-electron chi connectivity index (χ1n) is 5.74. The number of ether oxygens (including phenoxy) is 1. The summed E-state index contributed by atoms with van der Waals surface area (Å²) >= 11 is 1.71. The second kappa shape index (κ2) is 6.13. The number of hydrogen-bond acceptors (Lipinski definition) is 4. The molecule has 0 spiro atoms. The Labute approximate surface area is 101 Å². The van der Waals surface area contributed by atoms with Crippen molar-refractivity contribution in [3.05, 3.63) is 28.7 Å². The van der Waals surface area contributed by atoms with Crippen LogP contribution in [0.3, 0.4) is 0 Å². The SMILES string of the molecule is C=CCCOCc1csc(CNC2CC2)n1. The molecule has 0 amide bonds. The highest BCUT2D eigenvalue weighted by Gasteiger charge is 2.20. The van der Waals surface area contributed by atoms with Crippen molar-refractivity contribution in [2.24, 2.45) is 0 Å². The lowest BCUT2D eigenvalue weighted by atomic mass is 10.4. The van der Waals surface area contributed by atoms with Gasteiger partial charge in [0.15, 0.2) is 0 Å². The second-order valence-electron chi connectivity index (χ2n) is 4.02.